The Morgan fingerprint density at radius 2 is 2.00 bits per heavy atom. The second-order valence-corrected chi connectivity index (χ2v) is 6.89. The molecule has 1 aromatic rings. The zero-order chi connectivity index (χ0) is 17.8. The van der Waals surface area contributed by atoms with Crippen LogP contribution in [-0.2, 0) is 14.3 Å². The SMILES string of the molecule is CC(=O)N1CCCC(C(=O)NC(c2ccc(F)cc2)C2CCCO2)C1. The van der Waals surface area contributed by atoms with Gasteiger partial charge in [0.1, 0.15) is 5.82 Å². The number of carbonyl (C=O) groups excluding carboxylic acids is 2. The molecule has 2 aliphatic rings. The third-order valence-electron chi connectivity index (χ3n) is 5.10. The number of benzene rings is 1. The van der Waals surface area contributed by atoms with Crippen molar-refractivity contribution in [3.05, 3.63) is 35.6 Å². The number of halogens is 1. The lowest BCUT2D eigenvalue weighted by atomic mass is 9.94. The number of rotatable bonds is 4. The standard InChI is InChI=1S/C19H25FN2O3/c1-13(23)22-10-2-4-15(12-22)19(24)21-18(17-5-3-11-25-17)14-6-8-16(20)9-7-14/h6-9,15,17-18H,2-5,10-12H2,1H3,(H,21,24). The summed E-state index contributed by atoms with van der Waals surface area (Å²) >= 11 is 0. The molecular formula is C19H25FN2O3. The second kappa shape index (κ2) is 7.95. The summed E-state index contributed by atoms with van der Waals surface area (Å²) in [5.41, 5.74) is 0.848. The van der Waals surface area contributed by atoms with Crippen LogP contribution >= 0.6 is 0 Å². The van der Waals surface area contributed by atoms with Crippen LogP contribution in [0.25, 0.3) is 0 Å². The van der Waals surface area contributed by atoms with Crippen molar-refractivity contribution in [1.82, 2.24) is 10.2 Å². The van der Waals surface area contributed by atoms with Gasteiger partial charge in [0.15, 0.2) is 0 Å². The van der Waals surface area contributed by atoms with E-state index in [2.05, 4.69) is 5.32 Å². The van der Waals surface area contributed by atoms with Crippen LogP contribution in [0.15, 0.2) is 24.3 Å². The van der Waals surface area contributed by atoms with Crippen molar-refractivity contribution in [3.63, 3.8) is 0 Å². The number of ether oxygens (including phenoxy) is 1. The summed E-state index contributed by atoms with van der Waals surface area (Å²) in [5.74, 6) is -0.560. The van der Waals surface area contributed by atoms with Gasteiger partial charge >= 0.3 is 0 Å². The summed E-state index contributed by atoms with van der Waals surface area (Å²) < 4.78 is 19.0. The monoisotopic (exact) mass is 348 g/mol. The number of amides is 2. The quantitative estimate of drug-likeness (QED) is 0.909. The molecule has 6 heteroatoms. The summed E-state index contributed by atoms with van der Waals surface area (Å²) in [6.45, 7) is 3.39. The predicted octanol–water partition coefficient (Wildman–Crippen LogP) is 2.42. The van der Waals surface area contributed by atoms with Crippen LogP contribution in [0.2, 0.25) is 0 Å². The van der Waals surface area contributed by atoms with Crippen molar-refractivity contribution < 1.29 is 18.7 Å². The highest BCUT2D eigenvalue weighted by molar-refractivity contribution is 5.81. The van der Waals surface area contributed by atoms with E-state index in [-0.39, 0.29) is 35.7 Å². The molecule has 3 atom stereocenters. The number of carbonyl (C=O) groups is 2. The molecule has 1 N–H and O–H groups in total. The Morgan fingerprint density at radius 3 is 2.64 bits per heavy atom. The number of nitrogens with zero attached hydrogens (tertiary/aromatic N) is 1. The van der Waals surface area contributed by atoms with Gasteiger partial charge in [0.05, 0.1) is 18.1 Å². The first-order chi connectivity index (χ1) is 12.0. The van der Waals surface area contributed by atoms with E-state index in [1.807, 2.05) is 0 Å². The van der Waals surface area contributed by atoms with Crippen LogP contribution in [0.4, 0.5) is 4.39 Å². The van der Waals surface area contributed by atoms with Crippen LogP contribution in [0.1, 0.15) is 44.2 Å². The third kappa shape index (κ3) is 4.37. The van der Waals surface area contributed by atoms with Crippen LogP contribution in [0, 0.1) is 11.7 Å². The highest BCUT2D eigenvalue weighted by Crippen LogP contribution is 2.28. The van der Waals surface area contributed by atoms with Gasteiger partial charge in [-0.2, -0.15) is 0 Å². The molecule has 3 rings (SSSR count). The van der Waals surface area contributed by atoms with Crippen LogP contribution in [0.5, 0.6) is 0 Å². The molecule has 2 aliphatic heterocycles. The smallest absolute Gasteiger partial charge is 0.225 e. The van der Waals surface area contributed by atoms with Crippen molar-refractivity contribution in [2.24, 2.45) is 5.92 Å². The summed E-state index contributed by atoms with van der Waals surface area (Å²) in [6.07, 6.45) is 3.34. The minimum Gasteiger partial charge on any atom is -0.376 e. The van der Waals surface area contributed by atoms with E-state index in [0.717, 1.165) is 31.2 Å². The van der Waals surface area contributed by atoms with Gasteiger partial charge < -0.3 is 15.0 Å². The van der Waals surface area contributed by atoms with Gasteiger partial charge in [0.25, 0.3) is 0 Å². The third-order valence-corrected chi connectivity index (χ3v) is 5.10. The van der Waals surface area contributed by atoms with E-state index in [9.17, 15) is 14.0 Å². The number of likely N-dealkylation sites (tertiary alicyclic amines) is 1. The molecule has 136 valence electrons. The zero-order valence-electron chi connectivity index (χ0n) is 14.5. The van der Waals surface area contributed by atoms with E-state index < -0.39 is 0 Å². The molecule has 5 nitrogen and oxygen atoms in total. The highest BCUT2D eigenvalue weighted by atomic mass is 19.1. The van der Waals surface area contributed by atoms with Crippen molar-refractivity contribution >= 4 is 11.8 Å². The first-order valence-electron chi connectivity index (χ1n) is 8.97. The fourth-order valence-electron chi connectivity index (χ4n) is 3.67. The van der Waals surface area contributed by atoms with E-state index in [1.54, 1.807) is 17.0 Å². The van der Waals surface area contributed by atoms with Gasteiger partial charge in [-0.1, -0.05) is 12.1 Å². The normalized spacial score (nSPS) is 24.8. The van der Waals surface area contributed by atoms with Crippen LogP contribution < -0.4 is 5.32 Å². The lowest BCUT2D eigenvalue weighted by Gasteiger charge is -2.33. The topological polar surface area (TPSA) is 58.6 Å². The van der Waals surface area contributed by atoms with E-state index in [4.69, 9.17) is 4.74 Å². The lowest BCUT2D eigenvalue weighted by Crippen LogP contribution is -2.47. The molecule has 3 unspecified atom stereocenters. The Labute approximate surface area is 147 Å². The average molecular weight is 348 g/mol. The first-order valence-corrected chi connectivity index (χ1v) is 8.97. The zero-order valence-corrected chi connectivity index (χ0v) is 14.5. The molecule has 2 amide bonds. The van der Waals surface area contributed by atoms with Crippen LogP contribution in [-0.4, -0.2) is 42.5 Å². The van der Waals surface area contributed by atoms with Gasteiger partial charge in [-0.3, -0.25) is 9.59 Å². The Kier molecular flexibility index (Phi) is 5.68. The summed E-state index contributed by atoms with van der Waals surface area (Å²) in [5, 5.41) is 3.10. The molecule has 0 bridgehead atoms. The van der Waals surface area contributed by atoms with E-state index >= 15 is 0 Å². The molecule has 2 fully saturated rings. The minimum absolute atomic E-state index is 0.00621. The van der Waals surface area contributed by atoms with Crippen molar-refractivity contribution in [2.45, 2.75) is 44.8 Å². The maximum absolute atomic E-state index is 13.2. The van der Waals surface area contributed by atoms with Gasteiger partial charge in [-0.15, -0.1) is 0 Å². The molecule has 0 radical (unpaired) electrons. The van der Waals surface area contributed by atoms with Gasteiger partial charge in [0.2, 0.25) is 11.8 Å². The molecule has 0 aromatic heterocycles. The molecule has 0 saturated carbocycles. The van der Waals surface area contributed by atoms with Crippen LogP contribution in [0.3, 0.4) is 0 Å². The van der Waals surface area contributed by atoms with Gasteiger partial charge in [-0.25, -0.2) is 4.39 Å². The Balaban J connectivity index is 1.72. The predicted molar refractivity (Wildman–Crippen MR) is 91.2 cm³/mol. The molecule has 2 saturated heterocycles. The average Bonchev–Trinajstić information content (AvgIpc) is 3.15. The number of hydrogen-bond donors (Lipinski definition) is 1. The summed E-state index contributed by atoms with van der Waals surface area (Å²) in [4.78, 5) is 26.1. The minimum atomic E-state index is -0.300. The fraction of sp³-hybridized carbons (Fsp3) is 0.579. The molecule has 25 heavy (non-hydrogen) atoms. The Bertz CT molecular complexity index is 614. The Hall–Kier alpha value is -1.95. The van der Waals surface area contributed by atoms with E-state index in [0.29, 0.717) is 19.7 Å². The fourth-order valence-corrected chi connectivity index (χ4v) is 3.67. The van der Waals surface area contributed by atoms with Crippen molar-refractivity contribution in [1.29, 1.82) is 0 Å². The number of piperidine rings is 1. The second-order valence-electron chi connectivity index (χ2n) is 6.89. The summed E-state index contributed by atoms with van der Waals surface area (Å²) in [6, 6.07) is 5.92. The molecule has 0 aliphatic carbocycles. The van der Waals surface area contributed by atoms with Gasteiger partial charge in [0, 0.05) is 26.6 Å². The van der Waals surface area contributed by atoms with E-state index in [1.165, 1.54) is 19.1 Å². The molecular weight excluding hydrogens is 323 g/mol. The summed E-state index contributed by atoms with van der Waals surface area (Å²) in [7, 11) is 0. The molecule has 0 spiro atoms. The first kappa shape index (κ1) is 17.9. The molecule has 1 aromatic carbocycles. The maximum atomic E-state index is 13.2. The Morgan fingerprint density at radius 1 is 1.24 bits per heavy atom. The number of hydrogen-bond acceptors (Lipinski definition) is 3. The lowest BCUT2D eigenvalue weighted by molar-refractivity contribution is -0.134. The largest absolute Gasteiger partial charge is 0.376 e. The number of nitrogens with one attached hydrogen (secondary N) is 1. The van der Waals surface area contributed by atoms with Crippen molar-refractivity contribution in [2.75, 3.05) is 19.7 Å². The molecule has 2 heterocycles. The maximum Gasteiger partial charge on any atom is 0.225 e. The highest BCUT2D eigenvalue weighted by Gasteiger charge is 2.33. The van der Waals surface area contributed by atoms with Gasteiger partial charge in [-0.05, 0) is 43.4 Å². The van der Waals surface area contributed by atoms with Crippen molar-refractivity contribution in [3.8, 4) is 0 Å².